The number of carbonyl (C=O) groups is 2. The molecule has 0 saturated heterocycles. The molecule has 8 heteroatoms. The number of hydrogen-bond acceptors (Lipinski definition) is 4. The zero-order chi connectivity index (χ0) is 17.9. The van der Waals surface area contributed by atoms with Crippen LogP contribution in [-0.2, 0) is 24.4 Å². The first kappa shape index (κ1) is 18.1. The molecule has 1 N–H and O–H groups in total. The number of aryl methyl sites for hydroxylation is 1. The molecule has 0 aliphatic carbocycles. The molecule has 1 aliphatic heterocycles. The molecule has 0 unspecified atom stereocenters. The van der Waals surface area contributed by atoms with Crippen LogP contribution in [0.25, 0.3) is 0 Å². The van der Waals surface area contributed by atoms with Crippen LogP contribution in [-0.4, -0.2) is 57.9 Å². The molecule has 8 nitrogen and oxygen atoms in total. The van der Waals surface area contributed by atoms with Gasteiger partial charge in [0.1, 0.15) is 5.60 Å². The van der Waals surface area contributed by atoms with Crippen molar-refractivity contribution in [2.45, 2.75) is 52.4 Å². The second-order valence-corrected chi connectivity index (χ2v) is 7.16. The van der Waals surface area contributed by atoms with Crippen LogP contribution in [0.3, 0.4) is 0 Å². The molecule has 0 fully saturated rings. The number of urea groups is 1. The number of aromatic nitrogens is 2. The Kier molecular flexibility index (Phi) is 5.36. The van der Waals surface area contributed by atoms with Crippen LogP contribution in [0, 0.1) is 0 Å². The SMILES string of the molecule is CN(C)C(=O)NCc1cc2n(n1)CCCN(C(=O)OC(C)(C)C)C2. The zero-order valence-corrected chi connectivity index (χ0v) is 15.1. The smallest absolute Gasteiger partial charge is 0.410 e. The predicted octanol–water partition coefficient (Wildman–Crippen LogP) is 1.80. The van der Waals surface area contributed by atoms with Gasteiger partial charge in [-0.3, -0.25) is 4.68 Å². The van der Waals surface area contributed by atoms with Crippen molar-refractivity contribution in [3.63, 3.8) is 0 Å². The molecule has 0 spiro atoms. The first-order valence-electron chi connectivity index (χ1n) is 8.14. The monoisotopic (exact) mass is 337 g/mol. The molecule has 1 aliphatic rings. The molecular formula is C16H27N5O3. The highest BCUT2D eigenvalue weighted by Crippen LogP contribution is 2.17. The van der Waals surface area contributed by atoms with Crippen molar-refractivity contribution in [3.05, 3.63) is 17.5 Å². The molecule has 2 rings (SSSR count). The maximum Gasteiger partial charge on any atom is 0.410 e. The maximum absolute atomic E-state index is 12.3. The van der Waals surface area contributed by atoms with Gasteiger partial charge in [0.2, 0.25) is 0 Å². The number of carbonyl (C=O) groups excluding carboxylic acids is 2. The summed E-state index contributed by atoms with van der Waals surface area (Å²) >= 11 is 0. The summed E-state index contributed by atoms with van der Waals surface area (Å²) in [5.74, 6) is 0. The van der Waals surface area contributed by atoms with E-state index >= 15 is 0 Å². The second kappa shape index (κ2) is 7.11. The fourth-order valence-electron chi connectivity index (χ4n) is 2.41. The van der Waals surface area contributed by atoms with Gasteiger partial charge in [0, 0.05) is 27.2 Å². The maximum atomic E-state index is 12.3. The van der Waals surface area contributed by atoms with Crippen molar-refractivity contribution in [1.29, 1.82) is 0 Å². The van der Waals surface area contributed by atoms with Crippen LogP contribution in [0.1, 0.15) is 38.6 Å². The zero-order valence-electron chi connectivity index (χ0n) is 15.1. The summed E-state index contributed by atoms with van der Waals surface area (Å²) in [6, 6.07) is 1.77. The van der Waals surface area contributed by atoms with Crippen molar-refractivity contribution < 1.29 is 14.3 Å². The lowest BCUT2D eigenvalue weighted by molar-refractivity contribution is 0.0236. The minimum atomic E-state index is -0.509. The van der Waals surface area contributed by atoms with Gasteiger partial charge in [0.15, 0.2) is 0 Å². The summed E-state index contributed by atoms with van der Waals surface area (Å²) in [6.07, 6.45) is 0.511. The molecule has 2 heterocycles. The van der Waals surface area contributed by atoms with Crippen molar-refractivity contribution in [2.75, 3.05) is 20.6 Å². The number of rotatable bonds is 2. The summed E-state index contributed by atoms with van der Waals surface area (Å²) in [4.78, 5) is 27.1. The molecule has 0 aromatic carbocycles. The largest absolute Gasteiger partial charge is 0.444 e. The van der Waals surface area contributed by atoms with Crippen LogP contribution in [0.4, 0.5) is 9.59 Å². The minimum absolute atomic E-state index is 0.159. The number of nitrogens with zero attached hydrogens (tertiary/aromatic N) is 4. The summed E-state index contributed by atoms with van der Waals surface area (Å²) < 4.78 is 7.36. The molecule has 3 amide bonds. The van der Waals surface area contributed by atoms with Crippen LogP contribution in [0.5, 0.6) is 0 Å². The van der Waals surface area contributed by atoms with E-state index in [1.54, 1.807) is 19.0 Å². The van der Waals surface area contributed by atoms with Crippen LogP contribution in [0.15, 0.2) is 6.07 Å². The van der Waals surface area contributed by atoms with Crippen LogP contribution >= 0.6 is 0 Å². The normalized spacial score (nSPS) is 14.6. The highest BCUT2D eigenvalue weighted by atomic mass is 16.6. The van der Waals surface area contributed by atoms with Gasteiger partial charge in [-0.25, -0.2) is 9.59 Å². The van der Waals surface area contributed by atoms with Gasteiger partial charge < -0.3 is 19.9 Å². The lowest BCUT2D eigenvalue weighted by atomic mass is 10.2. The molecule has 1 aromatic heterocycles. The topological polar surface area (TPSA) is 79.7 Å². The lowest BCUT2D eigenvalue weighted by Gasteiger charge is -2.26. The Bertz CT molecular complexity index is 603. The third kappa shape index (κ3) is 4.87. The van der Waals surface area contributed by atoms with Gasteiger partial charge in [-0.15, -0.1) is 0 Å². The number of amides is 3. The summed E-state index contributed by atoms with van der Waals surface area (Å²) in [7, 11) is 3.38. The van der Waals surface area contributed by atoms with E-state index in [1.807, 2.05) is 31.5 Å². The summed E-state index contributed by atoms with van der Waals surface area (Å²) in [5, 5.41) is 7.31. The van der Waals surface area contributed by atoms with Gasteiger partial charge in [-0.2, -0.15) is 5.10 Å². The van der Waals surface area contributed by atoms with Crippen molar-refractivity contribution in [1.82, 2.24) is 24.9 Å². The number of fused-ring (bicyclic) bond motifs is 1. The average Bonchev–Trinajstić information content (AvgIpc) is 2.73. The Morgan fingerprint density at radius 3 is 2.67 bits per heavy atom. The summed E-state index contributed by atoms with van der Waals surface area (Å²) in [5.41, 5.74) is 1.23. The third-order valence-electron chi connectivity index (χ3n) is 3.54. The van der Waals surface area contributed by atoms with Crippen molar-refractivity contribution in [2.24, 2.45) is 0 Å². The molecule has 24 heavy (non-hydrogen) atoms. The number of ether oxygens (including phenoxy) is 1. The van der Waals surface area contributed by atoms with Crippen molar-refractivity contribution >= 4 is 12.1 Å². The van der Waals surface area contributed by atoms with Gasteiger partial charge >= 0.3 is 12.1 Å². The van der Waals surface area contributed by atoms with E-state index in [9.17, 15) is 9.59 Å². The highest BCUT2D eigenvalue weighted by Gasteiger charge is 2.25. The lowest BCUT2D eigenvalue weighted by Crippen LogP contribution is -2.36. The molecular weight excluding hydrogens is 310 g/mol. The predicted molar refractivity (Wildman–Crippen MR) is 89.4 cm³/mol. The Hall–Kier alpha value is -2.25. The van der Waals surface area contributed by atoms with E-state index < -0.39 is 5.60 Å². The Morgan fingerprint density at radius 1 is 1.33 bits per heavy atom. The third-order valence-corrected chi connectivity index (χ3v) is 3.54. The molecule has 0 bridgehead atoms. The Balaban J connectivity index is 2.02. The van der Waals surface area contributed by atoms with Gasteiger partial charge in [0.25, 0.3) is 0 Å². The summed E-state index contributed by atoms with van der Waals surface area (Å²) in [6.45, 7) is 7.80. The van der Waals surface area contributed by atoms with E-state index in [1.165, 1.54) is 4.90 Å². The van der Waals surface area contributed by atoms with Gasteiger partial charge in [0.05, 0.1) is 24.5 Å². The number of hydrogen-bond donors (Lipinski definition) is 1. The van der Waals surface area contributed by atoms with E-state index in [0.717, 1.165) is 24.4 Å². The Labute approximate surface area is 142 Å². The average molecular weight is 337 g/mol. The first-order chi connectivity index (χ1) is 11.2. The Morgan fingerprint density at radius 2 is 2.04 bits per heavy atom. The second-order valence-electron chi connectivity index (χ2n) is 7.16. The van der Waals surface area contributed by atoms with E-state index in [2.05, 4.69) is 10.4 Å². The van der Waals surface area contributed by atoms with Gasteiger partial charge in [-0.05, 0) is 33.3 Å². The van der Waals surface area contributed by atoms with Crippen LogP contribution in [0.2, 0.25) is 0 Å². The van der Waals surface area contributed by atoms with Crippen LogP contribution < -0.4 is 5.32 Å². The molecule has 0 saturated carbocycles. The molecule has 134 valence electrons. The molecule has 1 aromatic rings. The molecule has 0 atom stereocenters. The van der Waals surface area contributed by atoms with E-state index in [-0.39, 0.29) is 12.1 Å². The highest BCUT2D eigenvalue weighted by molar-refractivity contribution is 5.73. The van der Waals surface area contributed by atoms with Crippen molar-refractivity contribution in [3.8, 4) is 0 Å². The standard InChI is InChI=1S/C16H27N5O3/c1-16(2,3)24-15(23)20-7-6-8-21-13(11-20)9-12(18-21)10-17-14(22)19(4)5/h9H,6-8,10-11H2,1-5H3,(H,17,22). The minimum Gasteiger partial charge on any atom is -0.444 e. The fourth-order valence-corrected chi connectivity index (χ4v) is 2.41. The van der Waals surface area contributed by atoms with E-state index in [0.29, 0.717) is 19.6 Å². The quantitative estimate of drug-likeness (QED) is 0.892. The first-order valence-corrected chi connectivity index (χ1v) is 8.14. The fraction of sp³-hybridized carbons (Fsp3) is 0.688. The van der Waals surface area contributed by atoms with E-state index in [4.69, 9.17) is 4.74 Å². The molecule has 0 radical (unpaired) electrons. The van der Waals surface area contributed by atoms with Gasteiger partial charge in [-0.1, -0.05) is 0 Å². The number of nitrogens with one attached hydrogen (secondary N) is 1.